The minimum atomic E-state index is 0.281. The van der Waals surface area contributed by atoms with E-state index in [4.69, 9.17) is 4.74 Å². The van der Waals surface area contributed by atoms with Crippen LogP contribution in [0, 0.1) is 17.8 Å². The third-order valence-electron chi connectivity index (χ3n) is 4.13. The van der Waals surface area contributed by atoms with E-state index in [1.165, 1.54) is 12.8 Å². The molecule has 0 aromatic carbocycles. The molecule has 0 saturated heterocycles. The molecule has 1 aromatic rings. The van der Waals surface area contributed by atoms with Gasteiger partial charge in [0, 0.05) is 13.1 Å². The van der Waals surface area contributed by atoms with Crippen LogP contribution in [0.25, 0.3) is 0 Å². The molecular weight excluding hydrogens is 238 g/mol. The largest absolute Gasteiger partial charge is 0.474 e. The van der Waals surface area contributed by atoms with E-state index in [0.29, 0.717) is 17.7 Å². The summed E-state index contributed by atoms with van der Waals surface area (Å²) in [7, 11) is 1.85. The number of nitrogens with one attached hydrogen (secondary N) is 1. The van der Waals surface area contributed by atoms with Gasteiger partial charge in [0.15, 0.2) is 0 Å². The Morgan fingerprint density at radius 2 is 2.11 bits per heavy atom. The van der Waals surface area contributed by atoms with Crippen molar-refractivity contribution in [3.05, 3.63) is 12.4 Å². The van der Waals surface area contributed by atoms with Crippen LogP contribution in [0.15, 0.2) is 12.4 Å². The minimum Gasteiger partial charge on any atom is -0.474 e. The molecule has 106 valence electrons. The van der Waals surface area contributed by atoms with Crippen LogP contribution in [0.5, 0.6) is 5.88 Å². The highest BCUT2D eigenvalue weighted by Gasteiger charge is 2.32. The van der Waals surface area contributed by atoms with Crippen molar-refractivity contribution in [3.63, 3.8) is 0 Å². The molecule has 0 radical (unpaired) electrons. The van der Waals surface area contributed by atoms with Crippen LogP contribution in [-0.4, -0.2) is 23.1 Å². The van der Waals surface area contributed by atoms with Crippen LogP contribution >= 0.6 is 0 Å². The number of rotatable bonds is 4. The predicted octanol–water partition coefficient (Wildman–Crippen LogP) is 3.36. The molecule has 1 aliphatic carbocycles. The van der Waals surface area contributed by atoms with E-state index in [2.05, 4.69) is 36.1 Å². The van der Waals surface area contributed by atoms with Gasteiger partial charge in [0.1, 0.15) is 18.2 Å². The second-order valence-electron chi connectivity index (χ2n) is 5.97. The maximum Gasteiger partial charge on any atom is 0.218 e. The summed E-state index contributed by atoms with van der Waals surface area (Å²) in [4.78, 5) is 8.34. The summed E-state index contributed by atoms with van der Waals surface area (Å²) >= 11 is 0. The van der Waals surface area contributed by atoms with Gasteiger partial charge in [-0.2, -0.15) is 0 Å². The lowest BCUT2D eigenvalue weighted by atomic mass is 9.75. The number of hydrogen-bond acceptors (Lipinski definition) is 4. The first kappa shape index (κ1) is 14.1. The Kier molecular flexibility index (Phi) is 4.61. The predicted molar refractivity (Wildman–Crippen MR) is 77.3 cm³/mol. The Morgan fingerprint density at radius 1 is 1.32 bits per heavy atom. The lowest BCUT2D eigenvalue weighted by Gasteiger charge is -2.36. The summed E-state index contributed by atoms with van der Waals surface area (Å²) < 4.78 is 6.15. The quantitative estimate of drug-likeness (QED) is 0.905. The normalized spacial score (nSPS) is 27.3. The summed E-state index contributed by atoms with van der Waals surface area (Å²) in [6.45, 7) is 6.89. The molecule has 1 aromatic heterocycles. The fraction of sp³-hybridized carbons (Fsp3) is 0.733. The van der Waals surface area contributed by atoms with Gasteiger partial charge in [-0.25, -0.2) is 9.97 Å². The first-order valence-corrected chi connectivity index (χ1v) is 7.26. The monoisotopic (exact) mass is 263 g/mol. The van der Waals surface area contributed by atoms with Crippen molar-refractivity contribution in [3.8, 4) is 5.88 Å². The van der Waals surface area contributed by atoms with Crippen LogP contribution in [0.2, 0.25) is 0 Å². The Labute approximate surface area is 116 Å². The minimum absolute atomic E-state index is 0.281. The average molecular weight is 263 g/mol. The second kappa shape index (κ2) is 6.22. The molecule has 0 amide bonds. The molecule has 19 heavy (non-hydrogen) atoms. The van der Waals surface area contributed by atoms with E-state index in [1.807, 2.05) is 13.1 Å². The van der Waals surface area contributed by atoms with Crippen LogP contribution in [-0.2, 0) is 0 Å². The van der Waals surface area contributed by atoms with Crippen molar-refractivity contribution >= 4 is 5.82 Å². The van der Waals surface area contributed by atoms with Crippen molar-refractivity contribution in [1.82, 2.24) is 9.97 Å². The smallest absolute Gasteiger partial charge is 0.218 e. The van der Waals surface area contributed by atoms with Crippen LogP contribution in [0.3, 0.4) is 0 Å². The molecule has 1 N–H and O–H groups in total. The molecule has 4 heteroatoms. The van der Waals surface area contributed by atoms with Gasteiger partial charge in [-0.1, -0.05) is 27.2 Å². The zero-order valence-corrected chi connectivity index (χ0v) is 12.4. The number of ether oxygens (including phenoxy) is 1. The summed E-state index contributed by atoms with van der Waals surface area (Å²) in [6, 6.07) is 1.87. The summed E-state index contributed by atoms with van der Waals surface area (Å²) in [5, 5.41) is 3.02. The Balaban J connectivity index is 2.09. The first-order chi connectivity index (χ1) is 9.10. The maximum atomic E-state index is 6.15. The van der Waals surface area contributed by atoms with E-state index in [1.54, 1.807) is 6.33 Å². The van der Waals surface area contributed by atoms with Crippen molar-refractivity contribution < 1.29 is 4.74 Å². The zero-order chi connectivity index (χ0) is 13.8. The van der Waals surface area contributed by atoms with Gasteiger partial charge >= 0.3 is 0 Å². The van der Waals surface area contributed by atoms with Crippen molar-refractivity contribution in [1.29, 1.82) is 0 Å². The molecule has 2 rings (SSSR count). The van der Waals surface area contributed by atoms with E-state index >= 15 is 0 Å². The molecule has 3 atom stereocenters. The Hall–Kier alpha value is -1.32. The van der Waals surface area contributed by atoms with E-state index in [9.17, 15) is 0 Å². The third kappa shape index (κ3) is 3.58. The lowest BCUT2D eigenvalue weighted by molar-refractivity contribution is 0.0426. The number of nitrogens with zero attached hydrogens (tertiary/aromatic N) is 2. The van der Waals surface area contributed by atoms with Crippen molar-refractivity contribution in [2.45, 2.75) is 46.1 Å². The summed E-state index contributed by atoms with van der Waals surface area (Å²) in [6.07, 6.45) is 5.53. The SMILES string of the molecule is CNc1cc(OC2CC(C)CCC2C(C)C)ncn1. The summed E-state index contributed by atoms with van der Waals surface area (Å²) in [5.41, 5.74) is 0. The van der Waals surface area contributed by atoms with Crippen molar-refractivity contribution in [2.75, 3.05) is 12.4 Å². The van der Waals surface area contributed by atoms with Crippen LogP contribution < -0.4 is 10.1 Å². The van der Waals surface area contributed by atoms with Crippen LogP contribution in [0.1, 0.15) is 40.0 Å². The first-order valence-electron chi connectivity index (χ1n) is 7.26. The van der Waals surface area contributed by atoms with Crippen molar-refractivity contribution in [2.24, 2.45) is 17.8 Å². The van der Waals surface area contributed by atoms with Crippen LogP contribution in [0.4, 0.5) is 5.82 Å². The van der Waals surface area contributed by atoms with Gasteiger partial charge in [0.05, 0.1) is 0 Å². The number of hydrogen-bond donors (Lipinski definition) is 1. The third-order valence-corrected chi connectivity index (χ3v) is 4.13. The fourth-order valence-corrected chi connectivity index (χ4v) is 2.95. The van der Waals surface area contributed by atoms with Gasteiger partial charge in [-0.3, -0.25) is 0 Å². The molecule has 1 fully saturated rings. The molecule has 3 unspecified atom stereocenters. The highest BCUT2D eigenvalue weighted by molar-refractivity contribution is 5.36. The molecule has 4 nitrogen and oxygen atoms in total. The van der Waals surface area contributed by atoms with Gasteiger partial charge in [-0.15, -0.1) is 0 Å². The standard InChI is InChI=1S/C15H25N3O/c1-10(2)12-6-5-11(3)7-13(12)19-15-8-14(16-4)17-9-18-15/h8-13H,5-7H2,1-4H3,(H,16,17,18). The van der Waals surface area contributed by atoms with Gasteiger partial charge in [-0.05, 0) is 30.6 Å². The molecular formula is C15H25N3O. The number of anilines is 1. The van der Waals surface area contributed by atoms with E-state index < -0.39 is 0 Å². The molecule has 0 aliphatic heterocycles. The van der Waals surface area contributed by atoms with E-state index in [-0.39, 0.29) is 6.10 Å². The molecule has 0 bridgehead atoms. The average Bonchev–Trinajstić information content (AvgIpc) is 2.38. The summed E-state index contributed by atoms with van der Waals surface area (Å²) in [5.74, 6) is 3.51. The van der Waals surface area contributed by atoms with E-state index in [0.717, 1.165) is 18.2 Å². The Bertz CT molecular complexity index is 408. The molecule has 0 spiro atoms. The van der Waals surface area contributed by atoms with Gasteiger partial charge < -0.3 is 10.1 Å². The lowest BCUT2D eigenvalue weighted by Crippen LogP contribution is -2.36. The molecule has 1 aliphatic rings. The maximum absolute atomic E-state index is 6.15. The molecule has 1 heterocycles. The fourth-order valence-electron chi connectivity index (χ4n) is 2.95. The van der Waals surface area contributed by atoms with Gasteiger partial charge in [0.25, 0.3) is 0 Å². The number of aromatic nitrogens is 2. The van der Waals surface area contributed by atoms with Gasteiger partial charge in [0.2, 0.25) is 5.88 Å². The second-order valence-corrected chi connectivity index (χ2v) is 5.97. The zero-order valence-electron chi connectivity index (χ0n) is 12.4. The highest BCUT2D eigenvalue weighted by atomic mass is 16.5. The topological polar surface area (TPSA) is 47.0 Å². The highest BCUT2D eigenvalue weighted by Crippen LogP contribution is 2.35. The Morgan fingerprint density at radius 3 is 2.79 bits per heavy atom. The molecule has 1 saturated carbocycles.